The fourth-order valence-electron chi connectivity index (χ4n) is 2.91. The number of hydrogen-bond acceptors (Lipinski definition) is 1. The topological polar surface area (TPSA) is 12.0 Å². The Morgan fingerprint density at radius 3 is 1.81 bits per heavy atom. The number of rotatable bonds is 8. The van der Waals surface area contributed by atoms with Crippen LogP contribution in [0.3, 0.4) is 0 Å². The van der Waals surface area contributed by atoms with Crippen molar-refractivity contribution < 1.29 is 0 Å². The van der Waals surface area contributed by atoms with E-state index in [1.807, 2.05) is 0 Å². The smallest absolute Gasteiger partial charge is 0.0148 e. The fourth-order valence-corrected chi connectivity index (χ4v) is 2.91. The average Bonchev–Trinajstić information content (AvgIpc) is 3.33. The van der Waals surface area contributed by atoms with Crippen molar-refractivity contribution >= 4 is 0 Å². The molecule has 1 fully saturated rings. The molecule has 2 aromatic rings. The first kappa shape index (κ1) is 14.3. The Bertz CT molecular complexity index is 475. The predicted molar refractivity (Wildman–Crippen MR) is 89.4 cm³/mol. The van der Waals surface area contributed by atoms with Gasteiger partial charge in [0.2, 0.25) is 0 Å². The summed E-state index contributed by atoms with van der Waals surface area (Å²) >= 11 is 0. The molecule has 3 rings (SSSR count). The second kappa shape index (κ2) is 7.42. The molecule has 0 aromatic heterocycles. The van der Waals surface area contributed by atoms with Crippen LogP contribution in [0, 0.1) is 5.92 Å². The normalized spacial score (nSPS) is 14.5. The second-order valence-corrected chi connectivity index (χ2v) is 6.26. The van der Waals surface area contributed by atoms with E-state index < -0.39 is 0 Å². The van der Waals surface area contributed by atoms with Crippen LogP contribution in [0.1, 0.15) is 30.4 Å². The van der Waals surface area contributed by atoms with Crippen LogP contribution >= 0.6 is 0 Å². The number of benzene rings is 2. The summed E-state index contributed by atoms with van der Waals surface area (Å²) in [4.78, 5) is 0. The molecule has 1 heteroatoms. The SMILES string of the molecule is c1ccc(CC(Cc2ccccc2)NCCC2CC2)cc1. The number of nitrogens with one attached hydrogen (secondary N) is 1. The summed E-state index contributed by atoms with van der Waals surface area (Å²) in [7, 11) is 0. The lowest BCUT2D eigenvalue weighted by molar-refractivity contribution is 0.487. The Morgan fingerprint density at radius 2 is 1.33 bits per heavy atom. The third kappa shape index (κ3) is 5.02. The van der Waals surface area contributed by atoms with Gasteiger partial charge in [-0.3, -0.25) is 0 Å². The molecule has 0 saturated heterocycles. The highest BCUT2D eigenvalue weighted by molar-refractivity contribution is 5.19. The van der Waals surface area contributed by atoms with E-state index in [0.29, 0.717) is 6.04 Å². The zero-order valence-corrected chi connectivity index (χ0v) is 12.7. The van der Waals surface area contributed by atoms with Gasteiger partial charge in [-0.15, -0.1) is 0 Å². The van der Waals surface area contributed by atoms with E-state index in [-0.39, 0.29) is 0 Å². The Balaban J connectivity index is 1.58. The minimum absolute atomic E-state index is 0.536. The summed E-state index contributed by atoms with van der Waals surface area (Å²) in [6.07, 6.45) is 6.47. The summed E-state index contributed by atoms with van der Waals surface area (Å²) in [5.74, 6) is 1.01. The highest BCUT2D eigenvalue weighted by atomic mass is 14.9. The van der Waals surface area contributed by atoms with Gasteiger partial charge in [0.1, 0.15) is 0 Å². The maximum Gasteiger partial charge on any atom is 0.0148 e. The zero-order valence-electron chi connectivity index (χ0n) is 12.7. The molecule has 1 aliphatic rings. The van der Waals surface area contributed by atoms with Crippen molar-refractivity contribution in [2.24, 2.45) is 5.92 Å². The summed E-state index contributed by atoms with van der Waals surface area (Å²) < 4.78 is 0. The molecule has 2 aromatic carbocycles. The van der Waals surface area contributed by atoms with E-state index in [2.05, 4.69) is 66.0 Å². The van der Waals surface area contributed by atoms with Gasteiger partial charge in [-0.2, -0.15) is 0 Å². The van der Waals surface area contributed by atoms with Crippen LogP contribution in [0.2, 0.25) is 0 Å². The van der Waals surface area contributed by atoms with Crippen molar-refractivity contribution in [3.63, 3.8) is 0 Å². The summed E-state index contributed by atoms with van der Waals surface area (Å²) in [6, 6.07) is 22.2. The van der Waals surface area contributed by atoms with Gasteiger partial charge in [-0.1, -0.05) is 73.5 Å². The third-order valence-corrected chi connectivity index (χ3v) is 4.33. The van der Waals surface area contributed by atoms with Gasteiger partial charge < -0.3 is 5.32 Å². The van der Waals surface area contributed by atoms with Crippen LogP contribution in [0.15, 0.2) is 60.7 Å². The Morgan fingerprint density at radius 1 is 0.810 bits per heavy atom. The second-order valence-electron chi connectivity index (χ2n) is 6.26. The summed E-state index contributed by atoms with van der Waals surface area (Å²) in [6.45, 7) is 1.16. The van der Waals surface area contributed by atoms with Gasteiger partial charge in [-0.25, -0.2) is 0 Å². The molecule has 0 atom stereocenters. The molecule has 21 heavy (non-hydrogen) atoms. The first-order valence-electron chi connectivity index (χ1n) is 8.21. The molecule has 110 valence electrons. The van der Waals surface area contributed by atoms with Crippen LogP contribution < -0.4 is 5.32 Å². The van der Waals surface area contributed by atoms with E-state index in [9.17, 15) is 0 Å². The predicted octanol–water partition coefficient (Wildman–Crippen LogP) is 4.23. The minimum Gasteiger partial charge on any atom is -0.313 e. The van der Waals surface area contributed by atoms with E-state index in [1.165, 1.54) is 30.4 Å². The van der Waals surface area contributed by atoms with Crippen LogP contribution in [0.4, 0.5) is 0 Å². The lowest BCUT2D eigenvalue weighted by Crippen LogP contribution is -2.34. The van der Waals surface area contributed by atoms with Crippen molar-refractivity contribution in [3.8, 4) is 0 Å². The van der Waals surface area contributed by atoms with Crippen molar-refractivity contribution in [1.29, 1.82) is 0 Å². The Labute approximate surface area is 128 Å². The standard InChI is InChI=1S/C20H25N/c1-3-7-18(8-4-1)15-20(21-14-13-17-11-12-17)16-19-9-5-2-6-10-19/h1-10,17,20-21H,11-16H2. The first-order chi connectivity index (χ1) is 10.4. The molecule has 1 nitrogen and oxygen atoms in total. The summed E-state index contributed by atoms with van der Waals surface area (Å²) in [5.41, 5.74) is 2.86. The van der Waals surface area contributed by atoms with Gasteiger partial charge in [0.05, 0.1) is 0 Å². The minimum atomic E-state index is 0.536. The van der Waals surface area contributed by atoms with Crippen LogP contribution in [0.5, 0.6) is 0 Å². The Hall–Kier alpha value is -1.60. The molecule has 1 aliphatic carbocycles. The van der Waals surface area contributed by atoms with E-state index in [0.717, 1.165) is 25.3 Å². The van der Waals surface area contributed by atoms with Crippen molar-refractivity contribution in [3.05, 3.63) is 71.8 Å². The largest absolute Gasteiger partial charge is 0.313 e. The number of hydrogen-bond donors (Lipinski definition) is 1. The highest BCUT2D eigenvalue weighted by Gasteiger charge is 2.21. The van der Waals surface area contributed by atoms with Gasteiger partial charge in [0.25, 0.3) is 0 Å². The van der Waals surface area contributed by atoms with Gasteiger partial charge in [0.15, 0.2) is 0 Å². The molecule has 1 saturated carbocycles. The molecule has 0 unspecified atom stereocenters. The molecule has 0 radical (unpaired) electrons. The van der Waals surface area contributed by atoms with Crippen LogP contribution in [0.25, 0.3) is 0 Å². The first-order valence-corrected chi connectivity index (χ1v) is 8.21. The quantitative estimate of drug-likeness (QED) is 0.762. The van der Waals surface area contributed by atoms with Crippen molar-refractivity contribution in [1.82, 2.24) is 5.32 Å². The van der Waals surface area contributed by atoms with Crippen molar-refractivity contribution in [2.45, 2.75) is 38.1 Å². The van der Waals surface area contributed by atoms with E-state index in [4.69, 9.17) is 0 Å². The van der Waals surface area contributed by atoms with Gasteiger partial charge in [-0.05, 0) is 42.9 Å². The fraction of sp³-hybridized carbons (Fsp3) is 0.400. The van der Waals surface area contributed by atoms with Crippen molar-refractivity contribution in [2.75, 3.05) is 6.54 Å². The molecule has 0 bridgehead atoms. The third-order valence-electron chi connectivity index (χ3n) is 4.33. The highest BCUT2D eigenvalue weighted by Crippen LogP contribution is 2.31. The van der Waals surface area contributed by atoms with Gasteiger partial charge >= 0.3 is 0 Å². The lowest BCUT2D eigenvalue weighted by Gasteiger charge is -2.19. The van der Waals surface area contributed by atoms with Gasteiger partial charge in [0, 0.05) is 6.04 Å². The zero-order chi connectivity index (χ0) is 14.3. The molecular weight excluding hydrogens is 254 g/mol. The molecule has 0 spiro atoms. The maximum atomic E-state index is 3.79. The molecule has 0 amide bonds. The van der Waals surface area contributed by atoms with E-state index in [1.54, 1.807) is 0 Å². The monoisotopic (exact) mass is 279 g/mol. The molecule has 0 aliphatic heterocycles. The lowest BCUT2D eigenvalue weighted by atomic mass is 9.99. The molecular formula is C20H25N. The molecule has 1 N–H and O–H groups in total. The maximum absolute atomic E-state index is 3.79. The Kier molecular flexibility index (Phi) is 5.07. The van der Waals surface area contributed by atoms with Crippen LogP contribution in [-0.4, -0.2) is 12.6 Å². The van der Waals surface area contributed by atoms with E-state index >= 15 is 0 Å². The molecule has 0 heterocycles. The average molecular weight is 279 g/mol. The van der Waals surface area contributed by atoms with Crippen LogP contribution in [-0.2, 0) is 12.8 Å². The summed E-state index contributed by atoms with van der Waals surface area (Å²) in [5, 5.41) is 3.79.